The SMILES string of the molecule is CC(C)OCC(=O)C(CN)c1ccccc1. The molecule has 0 spiro atoms. The van der Waals surface area contributed by atoms with Crippen LogP contribution >= 0.6 is 0 Å². The molecule has 3 heteroatoms. The van der Waals surface area contributed by atoms with Crippen LogP contribution in [0.2, 0.25) is 0 Å². The van der Waals surface area contributed by atoms with Gasteiger partial charge in [0.15, 0.2) is 5.78 Å². The number of ketones is 1. The van der Waals surface area contributed by atoms with Gasteiger partial charge in [-0.2, -0.15) is 0 Å². The molecule has 3 nitrogen and oxygen atoms in total. The van der Waals surface area contributed by atoms with E-state index in [-0.39, 0.29) is 24.4 Å². The summed E-state index contributed by atoms with van der Waals surface area (Å²) < 4.78 is 5.30. The zero-order valence-electron chi connectivity index (χ0n) is 9.85. The summed E-state index contributed by atoms with van der Waals surface area (Å²) in [7, 11) is 0. The average molecular weight is 221 g/mol. The molecule has 1 atom stereocenters. The molecule has 1 aromatic rings. The van der Waals surface area contributed by atoms with Gasteiger partial charge in [-0.3, -0.25) is 4.79 Å². The molecule has 1 rings (SSSR count). The first-order valence-electron chi connectivity index (χ1n) is 5.54. The molecule has 0 amide bonds. The van der Waals surface area contributed by atoms with Crippen LogP contribution in [0.5, 0.6) is 0 Å². The standard InChI is InChI=1S/C13H19NO2/c1-10(2)16-9-13(15)12(8-14)11-6-4-3-5-7-11/h3-7,10,12H,8-9,14H2,1-2H3. The van der Waals surface area contributed by atoms with Crippen molar-refractivity contribution in [3.8, 4) is 0 Å². The molecular weight excluding hydrogens is 202 g/mol. The van der Waals surface area contributed by atoms with Crippen LogP contribution in [0.25, 0.3) is 0 Å². The fourth-order valence-electron chi connectivity index (χ4n) is 1.49. The fourth-order valence-corrected chi connectivity index (χ4v) is 1.49. The minimum absolute atomic E-state index is 0.0439. The van der Waals surface area contributed by atoms with E-state index in [0.717, 1.165) is 5.56 Å². The number of nitrogens with two attached hydrogens (primary N) is 1. The van der Waals surface area contributed by atoms with E-state index in [2.05, 4.69) is 0 Å². The number of benzene rings is 1. The number of hydrogen-bond acceptors (Lipinski definition) is 3. The van der Waals surface area contributed by atoms with Crippen molar-refractivity contribution in [1.82, 2.24) is 0 Å². The molecule has 0 bridgehead atoms. The number of carbonyl (C=O) groups is 1. The monoisotopic (exact) mass is 221 g/mol. The Morgan fingerprint density at radius 2 is 1.94 bits per heavy atom. The van der Waals surface area contributed by atoms with Gasteiger partial charge in [0.05, 0.1) is 12.0 Å². The second-order valence-corrected chi connectivity index (χ2v) is 4.03. The van der Waals surface area contributed by atoms with E-state index >= 15 is 0 Å². The summed E-state index contributed by atoms with van der Waals surface area (Å²) >= 11 is 0. The van der Waals surface area contributed by atoms with Gasteiger partial charge >= 0.3 is 0 Å². The van der Waals surface area contributed by atoms with E-state index in [1.165, 1.54) is 0 Å². The van der Waals surface area contributed by atoms with Crippen molar-refractivity contribution >= 4 is 5.78 Å². The van der Waals surface area contributed by atoms with Crippen molar-refractivity contribution in [3.63, 3.8) is 0 Å². The molecule has 0 saturated heterocycles. The Labute approximate surface area is 96.6 Å². The topological polar surface area (TPSA) is 52.3 Å². The third kappa shape index (κ3) is 3.76. The molecule has 2 N–H and O–H groups in total. The minimum atomic E-state index is -0.250. The molecule has 0 radical (unpaired) electrons. The second-order valence-electron chi connectivity index (χ2n) is 4.03. The van der Waals surface area contributed by atoms with Gasteiger partial charge in [-0.25, -0.2) is 0 Å². The molecular formula is C13H19NO2. The zero-order chi connectivity index (χ0) is 12.0. The lowest BCUT2D eigenvalue weighted by atomic mass is 9.95. The maximum Gasteiger partial charge on any atom is 0.167 e. The summed E-state index contributed by atoms with van der Waals surface area (Å²) in [6, 6.07) is 9.59. The number of ether oxygens (including phenoxy) is 1. The highest BCUT2D eigenvalue weighted by Crippen LogP contribution is 2.15. The summed E-state index contributed by atoms with van der Waals surface area (Å²) in [5, 5.41) is 0. The van der Waals surface area contributed by atoms with Crippen LogP contribution in [-0.4, -0.2) is 25.0 Å². The van der Waals surface area contributed by atoms with Gasteiger partial charge < -0.3 is 10.5 Å². The Balaban J connectivity index is 2.64. The molecule has 0 aliphatic carbocycles. The molecule has 0 fully saturated rings. The first-order chi connectivity index (χ1) is 7.65. The minimum Gasteiger partial charge on any atom is -0.371 e. The van der Waals surface area contributed by atoms with Crippen LogP contribution in [0.1, 0.15) is 25.3 Å². The van der Waals surface area contributed by atoms with Crippen molar-refractivity contribution in [2.75, 3.05) is 13.2 Å². The van der Waals surface area contributed by atoms with Crippen LogP contribution in [0.15, 0.2) is 30.3 Å². The first-order valence-corrected chi connectivity index (χ1v) is 5.54. The zero-order valence-corrected chi connectivity index (χ0v) is 9.85. The Kier molecular flexibility index (Phi) is 5.15. The van der Waals surface area contributed by atoms with E-state index in [4.69, 9.17) is 10.5 Å². The Hall–Kier alpha value is -1.19. The van der Waals surface area contributed by atoms with Gasteiger partial charge in [0.2, 0.25) is 0 Å². The highest BCUT2D eigenvalue weighted by atomic mass is 16.5. The largest absolute Gasteiger partial charge is 0.371 e. The maximum atomic E-state index is 11.9. The van der Waals surface area contributed by atoms with Crippen molar-refractivity contribution < 1.29 is 9.53 Å². The van der Waals surface area contributed by atoms with E-state index in [9.17, 15) is 4.79 Å². The van der Waals surface area contributed by atoms with Crippen molar-refractivity contribution in [2.45, 2.75) is 25.9 Å². The fraction of sp³-hybridized carbons (Fsp3) is 0.462. The predicted molar refractivity (Wildman–Crippen MR) is 64.3 cm³/mol. The van der Waals surface area contributed by atoms with Gasteiger partial charge in [0.1, 0.15) is 6.61 Å². The summed E-state index contributed by atoms with van der Waals surface area (Å²) in [5.74, 6) is -0.206. The number of rotatable bonds is 6. The van der Waals surface area contributed by atoms with E-state index in [1.807, 2.05) is 44.2 Å². The van der Waals surface area contributed by atoms with Crippen LogP contribution in [-0.2, 0) is 9.53 Å². The van der Waals surface area contributed by atoms with E-state index in [0.29, 0.717) is 6.54 Å². The third-order valence-corrected chi connectivity index (χ3v) is 2.39. The Morgan fingerprint density at radius 1 is 1.31 bits per heavy atom. The molecule has 0 aliphatic rings. The lowest BCUT2D eigenvalue weighted by molar-refractivity contribution is -0.126. The normalized spacial score (nSPS) is 12.8. The third-order valence-electron chi connectivity index (χ3n) is 2.39. The Bertz CT molecular complexity index is 322. The molecule has 1 aromatic carbocycles. The van der Waals surface area contributed by atoms with Gasteiger partial charge in [0, 0.05) is 6.54 Å². The first kappa shape index (κ1) is 12.9. The van der Waals surface area contributed by atoms with Crippen molar-refractivity contribution in [1.29, 1.82) is 0 Å². The predicted octanol–water partition coefficient (Wildman–Crippen LogP) is 1.72. The van der Waals surface area contributed by atoms with Crippen LogP contribution in [0.4, 0.5) is 0 Å². The van der Waals surface area contributed by atoms with Gasteiger partial charge in [-0.05, 0) is 19.4 Å². The molecule has 0 aliphatic heterocycles. The van der Waals surface area contributed by atoms with E-state index in [1.54, 1.807) is 0 Å². The van der Waals surface area contributed by atoms with E-state index < -0.39 is 0 Å². The lowest BCUT2D eigenvalue weighted by Crippen LogP contribution is -2.26. The number of carbonyl (C=O) groups excluding carboxylic acids is 1. The number of Topliss-reactive ketones (excluding diaryl/α,β-unsaturated/α-hetero) is 1. The molecule has 88 valence electrons. The van der Waals surface area contributed by atoms with Crippen molar-refractivity contribution in [3.05, 3.63) is 35.9 Å². The Morgan fingerprint density at radius 3 is 2.44 bits per heavy atom. The van der Waals surface area contributed by atoms with Gasteiger partial charge in [-0.1, -0.05) is 30.3 Å². The molecule has 0 heterocycles. The van der Waals surface area contributed by atoms with Crippen LogP contribution in [0.3, 0.4) is 0 Å². The van der Waals surface area contributed by atoms with Crippen molar-refractivity contribution in [2.24, 2.45) is 5.73 Å². The van der Waals surface area contributed by atoms with Crippen LogP contribution in [0, 0.1) is 0 Å². The van der Waals surface area contributed by atoms with Gasteiger partial charge in [0.25, 0.3) is 0 Å². The van der Waals surface area contributed by atoms with Gasteiger partial charge in [-0.15, -0.1) is 0 Å². The molecule has 0 saturated carbocycles. The average Bonchev–Trinajstić information content (AvgIpc) is 2.29. The highest BCUT2D eigenvalue weighted by molar-refractivity contribution is 5.87. The second kappa shape index (κ2) is 6.40. The summed E-state index contributed by atoms with van der Waals surface area (Å²) in [5.41, 5.74) is 6.60. The van der Waals surface area contributed by atoms with Crippen LogP contribution < -0.4 is 5.73 Å². The maximum absolute atomic E-state index is 11.9. The highest BCUT2D eigenvalue weighted by Gasteiger charge is 2.18. The lowest BCUT2D eigenvalue weighted by Gasteiger charge is -2.15. The number of hydrogen-bond donors (Lipinski definition) is 1. The molecule has 16 heavy (non-hydrogen) atoms. The summed E-state index contributed by atoms with van der Waals surface area (Å²) in [4.78, 5) is 11.9. The molecule has 1 unspecified atom stereocenters. The summed E-state index contributed by atoms with van der Waals surface area (Å²) in [6.45, 7) is 4.28. The quantitative estimate of drug-likeness (QED) is 0.795. The smallest absolute Gasteiger partial charge is 0.167 e. The molecule has 0 aromatic heterocycles. The summed E-state index contributed by atoms with van der Waals surface area (Å²) in [6.07, 6.45) is 0.0677.